The van der Waals surface area contributed by atoms with Gasteiger partial charge in [0.25, 0.3) is 0 Å². The highest BCUT2D eigenvalue weighted by atomic mass is 16.6. The number of aliphatic hydroxyl groups excluding tert-OH is 1. The second-order valence-corrected chi connectivity index (χ2v) is 13.0. The van der Waals surface area contributed by atoms with E-state index in [0.29, 0.717) is 63.7 Å². The molecule has 4 rings (SSSR count). The third-order valence-corrected chi connectivity index (χ3v) is 9.81. The summed E-state index contributed by atoms with van der Waals surface area (Å²) in [6.07, 6.45) is 7.17. The van der Waals surface area contributed by atoms with E-state index >= 15 is 0 Å². The van der Waals surface area contributed by atoms with Crippen LogP contribution in [0.2, 0.25) is 0 Å². The van der Waals surface area contributed by atoms with Crippen molar-refractivity contribution >= 4 is 23.7 Å². The number of amides is 3. The van der Waals surface area contributed by atoms with Crippen LogP contribution >= 0.6 is 0 Å². The number of allylic oxidation sites excluding steroid dienone is 1. The smallest absolute Gasteiger partial charge is 0.313 e. The Morgan fingerprint density at radius 2 is 1.94 bits per heavy atom. The first-order chi connectivity index (χ1) is 23.3. The van der Waals surface area contributed by atoms with E-state index in [1.807, 2.05) is 30.3 Å². The van der Waals surface area contributed by atoms with Gasteiger partial charge in [-0.15, -0.1) is 13.2 Å². The Bertz CT molecular complexity index is 1270. The maximum Gasteiger partial charge on any atom is 0.313 e. The maximum absolute atomic E-state index is 14.4. The minimum atomic E-state index is -1.15. The molecule has 3 fully saturated rings. The predicted octanol–water partition coefficient (Wildman–Crippen LogP) is 3.72. The van der Waals surface area contributed by atoms with Crippen molar-refractivity contribution in [2.75, 3.05) is 40.0 Å². The molecule has 11 heteroatoms. The Balaban J connectivity index is 1.66. The Kier molecular flexibility index (Phi) is 13.8. The van der Waals surface area contributed by atoms with Crippen molar-refractivity contribution in [1.82, 2.24) is 15.1 Å². The van der Waals surface area contributed by atoms with Crippen molar-refractivity contribution in [3.8, 4) is 0 Å². The molecule has 0 aromatic heterocycles. The summed E-state index contributed by atoms with van der Waals surface area (Å²) >= 11 is 0. The van der Waals surface area contributed by atoms with Crippen LogP contribution in [-0.2, 0) is 33.4 Å². The van der Waals surface area contributed by atoms with Gasteiger partial charge in [0.15, 0.2) is 0 Å². The van der Waals surface area contributed by atoms with Crippen LogP contribution in [0.25, 0.3) is 0 Å². The van der Waals surface area contributed by atoms with Crippen molar-refractivity contribution in [1.29, 1.82) is 0 Å². The minimum absolute atomic E-state index is 0.0487. The van der Waals surface area contributed by atoms with E-state index in [0.717, 1.165) is 12.8 Å². The van der Waals surface area contributed by atoms with E-state index in [-0.39, 0.29) is 37.4 Å². The summed E-state index contributed by atoms with van der Waals surface area (Å²) in [6.45, 7) is 10.9. The van der Waals surface area contributed by atoms with Gasteiger partial charge in [0.1, 0.15) is 17.7 Å². The highest BCUT2D eigenvalue weighted by molar-refractivity contribution is 5.98. The second kappa shape index (κ2) is 17.7. The van der Waals surface area contributed by atoms with Crippen LogP contribution in [0.5, 0.6) is 0 Å². The molecule has 264 valence electrons. The lowest BCUT2D eigenvalue weighted by Crippen LogP contribution is -2.56. The van der Waals surface area contributed by atoms with Gasteiger partial charge in [-0.3, -0.25) is 19.2 Å². The van der Waals surface area contributed by atoms with Gasteiger partial charge in [0, 0.05) is 39.8 Å². The average Bonchev–Trinajstić information content (AvgIpc) is 3.73. The van der Waals surface area contributed by atoms with Gasteiger partial charge < -0.3 is 34.4 Å². The monoisotopic (exact) mass is 667 g/mol. The van der Waals surface area contributed by atoms with Gasteiger partial charge in [-0.25, -0.2) is 0 Å². The highest BCUT2D eigenvalue weighted by Gasteiger charge is 2.75. The molecule has 2 bridgehead atoms. The molecule has 48 heavy (non-hydrogen) atoms. The average molecular weight is 668 g/mol. The topological polar surface area (TPSA) is 135 Å². The quantitative estimate of drug-likeness (QED) is 0.115. The molecule has 1 aromatic rings. The summed E-state index contributed by atoms with van der Waals surface area (Å²) in [6, 6.07) is 7.58. The molecular formula is C37H53N3O8. The number of carbonyl (C=O) groups excluding carboxylic acids is 4. The lowest BCUT2D eigenvalue weighted by molar-refractivity contribution is -0.163. The molecule has 3 saturated heterocycles. The largest absolute Gasteiger partial charge is 0.455 e. The number of aliphatic hydroxyl groups is 1. The van der Waals surface area contributed by atoms with E-state index in [1.54, 1.807) is 22.0 Å². The summed E-state index contributed by atoms with van der Waals surface area (Å²) in [5, 5.41) is 12.3. The van der Waals surface area contributed by atoms with Crippen molar-refractivity contribution in [2.45, 2.75) is 94.6 Å². The molecule has 1 spiro atoms. The number of ether oxygens (including phenoxy) is 3. The number of esters is 1. The van der Waals surface area contributed by atoms with Gasteiger partial charge in [-0.05, 0) is 50.5 Å². The summed E-state index contributed by atoms with van der Waals surface area (Å²) < 4.78 is 18.4. The van der Waals surface area contributed by atoms with Gasteiger partial charge in [-0.1, -0.05) is 55.8 Å². The molecule has 0 saturated carbocycles. The zero-order valence-electron chi connectivity index (χ0n) is 28.5. The standard InChI is InChI=1S/C37H53N3O8/c1-5-8-18-29(42)38-27(25-46-4)32(26-16-12-10-13-17-26)47-36(45)30-28-19-20-37(48-28)31(30)34(43)40(23-14-11-15-24-41)33(37)35(44)39(21-7-3)22-9-6-2/h5,7,10,12-13,16-17,27-28,30-33,41H,1,3,6,8-9,11,14-15,18-25H2,2,4H3,(H,38,42)/t27-,28-,30+,31+,32-,33-,37+/m0/s1. The van der Waals surface area contributed by atoms with Gasteiger partial charge >= 0.3 is 5.97 Å². The van der Waals surface area contributed by atoms with Crippen molar-refractivity contribution in [2.24, 2.45) is 11.8 Å². The SMILES string of the molecule is C=CCCC(=O)N[C@@H](COC)[C@@H](OC(=O)[C@@H]1[C@@H]2CC[C@]3(O2)[C@H](C(=O)N(CC=C)CCCC)N(CCCCCO)C(=O)[C@@H]13)c1ccccc1. The highest BCUT2D eigenvalue weighted by Crippen LogP contribution is 2.59. The lowest BCUT2D eigenvalue weighted by Gasteiger charge is -2.37. The molecule has 0 unspecified atom stereocenters. The number of fused-ring (bicyclic) bond motifs is 1. The number of rotatable bonds is 21. The number of benzene rings is 1. The van der Waals surface area contributed by atoms with E-state index < -0.39 is 47.7 Å². The summed E-state index contributed by atoms with van der Waals surface area (Å²) in [7, 11) is 1.51. The number of carbonyl (C=O) groups is 4. The van der Waals surface area contributed by atoms with Crippen LogP contribution in [0.3, 0.4) is 0 Å². The van der Waals surface area contributed by atoms with Gasteiger partial charge in [0.05, 0.1) is 30.6 Å². The van der Waals surface area contributed by atoms with Gasteiger partial charge in [0.2, 0.25) is 17.7 Å². The Hall–Kier alpha value is -3.54. The molecule has 0 aliphatic carbocycles. The van der Waals surface area contributed by atoms with Gasteiger partial charge in [-0.2, -0.15) is 0 Å². The number of hydrogen-bond donors (Lipinski definition) is 2. The fourth-order valence-corrected chi connectivity index (χ4v) is 7.61. The molecule has 3 amide bonds. The number of methoxy groups -OCH3 is 1. The van der Waals surface area contributed by atoms with E-state index in [4.69, 9.17) is 14.2 Å². The number of hydrogen-bond acceptors (Lipinski definition) is 8. The maximum atomic E-state index is 14.4. The first-order valence-electron chi connectivity index (χ1n) is 17.4. The number of likely N-dealkylation sites (tertiary alicyclic amines) is 1. The zero-order chi connectivity index (χ0) is 34.7. The molecule has 3 aliphatic rings. The summed E-state index contributed by atoms with van der Waals surface area (Å²) in [4.78, 5) is 59.3. The van der Waals surface area contributed by atoms with Crippen molar-refractivity contribution in [3.05, 3.63) is 61.2 Å². The number of nitrogens with one attached hydrogen (secondary N) is 1. The molecule has 11 nitrogen and oxygen atoms in total. The first-order valence-corrected chi connectivity index (χ1v) is 17.4. The Labute approximate surface area is 284 Å². The van der Waals surface area contributed by atoms with Crippen molar-refractivity contribution in [3.63, 3.8) is 0 Å². The molecule has 0 radical (unpaired) electrons. The third-order valence-electron chi connectivity index (χ3n) is 9.81. The minimum Gasteiger partial charge on any atom is -0.455 e. The van der Waals surface area contributed by atoms with Crippen LogP contribution in [0.4, 0.5) is 0 Å². The second-order valence-electron chi connectivity index (χ2n) is 13.0. The van der Waals surface area contributed by atoms with E-state index in [9.17, 15) is 24.3 Å². The lowest BCUT2D eigenvalue weighted by atomic mass is 9.70. The fraction of sp³-hybridized carbons (Fsp3) is 0.622. The normalized spacial score (nSPS) is 25.3. The summed E-state index contributed by atoms with van der Waals surface area (Å²) in [5.74, 6) is -3.10. The number of unbranched alkanes of at least 4 members (excludes halogenated alkanes) is 3. The van der Waals surface area contributed by atoms with Crippen LogP contribution in [-0.4, -0.2) is 102 Å². The van der Waals surface area contributed by atoms with E-state index in [1.165, 1.54) is 7.11 Å². The van der Waals surface area contributed by atoms with Crippen LogP contribution in [0.15, 0.2) is 55.6 Å². The fourth-order valence-electron chi connectivity index (χ4n) is 7.61. The first kappa shape index (κ1) is 37.3. The molecule has 2 N–H and O–H groups in total. The van der Waals surface area contributed by atoms with Crippen LogP contribution in [0, 0.1) is 11.8 Å². The molecule has 1 aromatic carbocycles. The Morgan fingerprint density at radius 3 is 2.60 bits per heavy atom. The van der Waals surface area contributed by atoms with Crippen LogP contribution < -0.4 is 5.32 Å². The molecule has 7 atom stereocenters. The Morgan fingerprint density at radius 1 is 1.17 bits per heavy atom. The van der Waals surface area contributed by atoms with Crippen molar-refractivity contribution < 1.29 is 38.5 Å². The molecule has 3 aliphatic heterocycles. The van der Waals surface area contributed by atoms with Crippen LogP contribution in [0.1, 0.15) is 76.4 Å². The third kappa shape index (κ3) is 8.01. The molecule has 3 heterocycles. The van der Waals surface area contributed by atoms with E-state index in [2.05, 4.69) is 25.4 Å². The number of nitrogens with zero attached hydrogens (tertiary/aromatic N) is 2. The zero-order valence-corrected chi connectivity index (χ0v) is 28.5. The predicted molar refractivity (Wildman–Crippen MR) is 180 cm³/mol. The summed E-state index contributed by atoms with van der Waals surface area (Å²) in [5.41, 5.74) is -0.485. The molecular weight excluding hydrogens is 614 g/mol.